The van der Waals surface area contributed by atoms with Crippen LogP contribution in [0.5, 0.6) is 0 Å². The molecular formula is C12H20N4O2S. The van der Waals surface area contributed by atoms with Crippen molar-refractivity contribution in [3.8, 4) is 0 Å². The summed E-state index contributed by atoms with van der Waals surface area (Å²) >= 11 is 1.30. The van der Waals surface area contributed by atoms with Gasteiger partial charge in [-0.1, -0.05) is 11.8 Å². The molecule has 0 aliphatic heterocycles. The Bertz CT molecular complexity index is 515. The van der Waals surface area contributed by atoms with Crippen LogP contribution in [0.4, 0.5) is 0 Å². The number of thioether (sulfide) groups is 1. The van der Waals surface area contributed by atoms with Crippen LogP contribution in [0.25, 0.3) is 0 Å². The number of carbonyl (C=O) groups excluding carboxylic acids is 1. The third-order valence-electron chi connectivity index (χ3n) is 2.50. The van der Waals surface area contributed by atoms with E-state index in [4.69, 9.17) is 5.73 Å². The number of aromatic amines is 1. The van der Waals surface area contributed by atoms with E-state index in [1.807, 2.05) is 13.8 Å². The molecule has 19 heavy (non-hydrogen) atoms. The van der Waals surface area contributed by atoms with Crippen LogP contribution in [0.3, 0.4) is 0 Å². The van der Waals surface area contributed by atoms with Crippen LogP contribution in [0.1, 0.15) is 26.5 Å². The summed E-state index contributed by atoms with van der Waals surface area (Å²) in [4.78, 5) is 29.7. The number of nitrogens with two attached hydrogens (primary N) is 1. The predicted octanol–water partition coefficient (Wildman–Crippen LogP) is 0.412. The molecule has 0 saturated carbocycles. The lowest BCUT2D eigenvalue weighted by molar-refractivity contribution is -0.123. The van der Waals surface area contributed by atoms with E-state index in [0.29, 0.717) is 16.6 Å². The van der Waals surface area contributed by atoms with E-state index in [-0.39, 0.29) is 11.6 Å². The van der Waals surface area contributed by atoms with Crippen molar-refractivity contribution in [3.05, 3.63) is 22.1 Å². The molecule has 1 aromatic heterocycles. The Morgan fingerprint density at radius 2 is 2.26 bits per heavy atom. The highest BCUT2D eigenvalue weighted by molar-refractivity contribution is 7.99. The summed E-state index contributed by atoms with van der Waals surface area (Å²) in [6.45, 7) is 7.38. The molecule has 1 aromatic rings. The zero-order valence-electron chi connectivity index (χ0n) is 11.6. The third kappa shape index (κ3) is 4.68. The lowest BCUT2D eigenvalue weighted by atomic mass is 10.0. The van der Waals surface area contributed by atoms with Crippen molar-refractivity contribution in [2.24, 2.45) is 5.73 Å². The molecular weight excluding hydrogens is 264 g/mol. The maximum Gasteiger partial charge on any atom is 0.251 e. The normalized spacial score (nSPS) is 14.4. The first-order valence-corrected chi connectivity index (χ1v) is 7.00. The van der Waals surface area contributed by atoms with Gasteiger partial charge in [0.1, 0.15) is 5.54 Å². The van der Waals surface area contributed by atoms with Gasteiger partial charge in [-0.3, -0.25) is 9.59 Å². The van der Waals surface area contributed by atoms with E-state index in [0.717, 1.165) is 0 Å². The van der Waals surface area contributed by atoms with Crippen molar-refractivity contribution in [2.45, 2.75) is 44.4 Å². The van der Waals surface area contributed by atoms with E-state index in [9.17, 15) is 9.59 Å². The standard InChI is InChI=1S/C12H20N4O2S/c1-7(2)16-12(4,10(13)18)6-19-11-14-8(3)5-9(17)15-11/h5,7,16H,6H2,1-4H3,(H2,13,18)(H,14,15,17). The van der Waals surface area contributed by atoms with Gasteiger partial charge in [0.15, 0.2) is 5.16 Å². The topological polar surface area (TPSA) is 101 Å². The number of H-pyrrole nitrogens is 1. The highest BCUT2D eigenvalue weighted by atomic mass is 32.2. The minimum Gasteiger partial charge on any atom is -0.368 e. The predicted molar refractivity (Wildman–Crippen MR) is 76.2 cm³/mol. The van der Waals surface area contributed by atoms with Gasteiger partial charge in [-0.15, -0.1) is 0 Å². The van der Waals surface area contributed by atoms with E-state index in [1.165, 1.54) is 17.8 Å². The SMILES string of the molecule is Cc1cc(=O)[nH]c(SCC(C)(NC(C)C)C(N)=O)n1. The Labute approximate surface area is 116 Å². The Morgan fingerprint density at radius 1 is 1.63 bits per heavy atom. The molecule has 0 fully saturated rings. The molecule has 6 nitrogen and oxygen atoms in total. The van der Waals surface area contributed by atoms with Crippen molar-refractivity contribution < 1.29 is 4.79 Å². The molecule has 0 bridgehead atoms. The Hall–Kier alpha value is -1.34. The Morgan fingerprint density at radius 3 is 2.74 bits per heavy atom. The lowest BCUT2D eigenvalue weighted by Crippen LogP contribution is -2.57. The van der Waals surface area contributed by atoms with Crippen LogP contribution in [0, 0.1) is 6.92 Å². The number of rotatable bonds is 6. The molecule has 4 N–H and O–H groups in total. The van der Waals surface area contributed by atoms with Gasteiger partial charge in [-0.25, -0.2) is 4.98 Å². The average Bonchev–Trinajstić information content (AvgIpc) is 2.24. The maximum absolute atomic E-state index is 11.6. The first-order chi connectivity index (χ1) is 8.73. The van der Waals surface area contributed by atoms with Crippen LogP contribution >= 0.6 is 11.8 Å². The molecule has 1 unspecified atom stereocenters. The summed E-state index contributed by atoms with van der Waals surface area (Å²) in [5, 5.41) is 3.63. The quantitative estimate of drug-likeness (QED) is 0.519. The summed E-state index contributed by atoms with van der Waals surface area (Å²) in [5.74, 6) is -0.0314. The van der Waals surface area contributed by atoms with Crippen LogP contribution in [0.2, 0.25) is 0 Å². The smallest absolute Gasteiger partial charge is 0.251 e. The van der Waals surface area contributed by atoms with Crippen molar-refractivity contribution in [3.63, 3.8) is 0 Å². The second-order valence-corrected chi connectivity index (χ2v) is 5.94. The van der Waals surface area contributed by atoms with E-state index < -0.39 is 11.4 Å². The van der Waals surface area contributed by atoms with Crippen LogP contribution in [0.15, 0.2) is 16.0 Å². The number of hydrogen-bond donors (Lipinski definition) is 3. The maximum atomic E-state index is 11.6. The monoisotopic (exact) mass is 284 g/mol. The first kappa shape index (κ1) is 15.7. The molecule has 0 radical (unpaired) electrons. The van der Waals surface area contributed by atoms with Crippen LogP contribution in [-0.4, -0.2) is 33.2 Å². The largest absolute Gasteiger partial charge is 0.368 e. The number of primary amides is 1. The first-order valence-electron chi connectivity index (χ1n) is 6.01. The lowest BCUT2D eigenvalue weighted by Gasteiger charge is -2.29. The van der Waals surface area contributed by atoms with Gasteiger partial charge in [-0.2, -0.15) is 0 Å². The van der Waals surface area contributed by atoms with Crippen LogP contribution < -0.4 is 16.6 Å². The average molecular weight is 284 g/mol. The van der Waals surface area contributed by atoms with Gasteiger partial charge in [0.25, 0.3) is 5.56 Å². The highest BCUT2D eigenvalue weighted by Crippen LogP contribution is 2.19. The van der Waals surface area contributed by atoms with Gasteiger partial charge in [0.2, 0.25) is 5.91 Å². The molecule has 0 aromatic carbocycles. The van der Waals surface area contributed by atoms with Crippen molar-refractivity contribution in [1.29, 1.82) is 0 Å². The van der Waals surface area contributed by atoms with Crippen molar-refractivity contribution >= 4 is 17.7 Å². The minimum atomic E-state index is -0.846. The molecule has 0 aliphatic rings. The number of hydrogen-bond acceptors (Lipinski definition) is 5. The van der Waals surface area contributed by atoms with Crippen molar-refractivity contribution in [2.75, 3.05) is 5.75 Å². The number of carbonyl (C=O) groups is 1. The highest BCUT2D eigenvalue weighted by Gasteiger charge is 2.31. The summed E-state index contributed by atoms with van der Waals surface area (Å²) < 4.78 is 0. The molecule has 1 atom stereocenters. The number of aryl methyl sites for hydroxylation is 1. The number of nitrogens with zero attached hydrogens (tertiary/aromatic N) is 1. The van der Waals surface area contributed by atoms with Crippen molar-refractivity contribution in [1.82, 2.24) is 15.3 Å². The van der Waals surface area contributed by atoms with Gasteiger partial charge in [0.05, 0.1) is 0 Å². The fourth-order valence-electron chi connectivity index (χ4n) is 1.65. The zero-order valence-corrected chi connectivity index (χ0v) is 12.4. The minimum absolute atomic E-state index is 0.127. The number of nitrogens with one attached hydrogen (secondary N) is 2. The molecule has 1 amide bonds. The number of amides is 1. The third-order valence-corrected chi connectivity index (χ3v) is 3.69. The zero-order chi connectivity index (χ0) is 14.6. The molecule has 0 aliphatic carbocycles. The Kier molecular flexibility index (Phi) is 5.13. The van der Waals surface area contributed by atoms with E-state index in [1.54, 1.807) is 13.8 Å². The second-order valence-electron chi connectivity index (χ2n) is 4.98. The summed E-state index contributed by atoms with van der Waals surface area (Å²) in [6, 6.07) is 1.55. The number of aromatic nitrogens is 2. The fraction of sp³-hybridized carbons (Fsp3) is 0.583. The molecule has 1 heterocycles. The second kappa shape index (κ2) is 6.21. The summed E-state index contributed by atoms with van der Waals surface area (Å²) in [7, 11) is 0. The molecule has 106 valence electrons. The summed E-state index contributed by atoms with van der Waals surface area (Å²) in [5.41, 5.74) is 5.03. The van der Waals surface area contributed by atoms with Gasteiger partial charge >= 0.3 is 0 Å². The van der Waals surface area contributed by atoms with Crippen LogP contribution in [-0.2, 0) is 4.79 Å². The van der Waals surface area contributed by atoms with Gasteiger partial charge in [0, 0.05) is 23.6 Å². The van der Waals surface area contributed by atoms with Gasteiger partial charge in [-0.05, 0) is 27.7 Å². The fourth-order valence-corrected chi connectivity index (χ4v) is 2.69. The Balaban J connectivity index is 2.82. The molecule has 0 saturated heterocycles. The molecule has 1 rings (SSSR count). The molecule has 7 heteroatoms. The van der Waals surface area contributed by atoms with Gasteiger partial charge < -0.3 is 16.0 Å². The summed E-state index contributed by atoms with van der Waals surface area (Å²) in [6.07, 6.45) is 0. The van der Waals surface area contributed by atoms with E-state index in [2.05, 4.69) is 15.3 Å². The van der Waals surface area contributed by atoms with E-state index >= 15 is 0 Å². The molecule has 0 spiro atoms.